The number of carboxylic acid groups (broad SMARTS) is 1. The van der Waals surface area contributed by atoms with Gasteiger partial charge in [0.15, 0.2) is 0 Å². The number of carbonyl (C=O) groups is 2. The van der Waals surface area contributed by atoms with E-state index in [4.69, 9.17) is 23.2 Å². The van der Waals surface area contributed by atoms with Crippen molar-refractivity contribution < 1.29 is 31.9 Å². The number of nitrogens with one attached hydrogen (secondary N) is 1. The van der Waals surface area contributed by atoms with Gasteiger partial charge in [-0.25, -0.2) is 22.0 Å². The zero-order valence-electron chi connectivity index (χ0n) is 16.4. The summed E-state index contributed by atoms with van der Waals surface area (Å²) in [5, 5.41) is 11.9. The molecular weight excluding hydrogens is 489 g/mol. The van der Waals surface area contributed by atoms with Gasteiger partial charge in [0.1, 0.15) is 23.7 Å². The summed E-state index contributed by atoms with van der Waals surface area (Å²) in [6, 6.07) is 3.65. The first kappa shape index (κ1) is 24.4. The monoisotopic (exact) mass is 506 g/mol. The summed E-state index contributed by atoms with van der Waals surface area (Å²) in [7, 11) is -4.15. The van der Waals surface area contributed by atoms with Crippen LogP contribution in [-0.4, -0.2) is 48.3 Å². The second-order valence-electron chi connectivity index (χ2n) is 7.26. The van der Waals surface area contributed by atoms with Gasteiger partial charge in [0.25, 0.3) is 0 Å². The number of benzene rings is 2. The minimum atomic E-state index is -4.15. The molecule has 2 aromatic carbocycles. The van der Waals surface area contributed by atoms with Crippen molar-refractivity contribution in [2.45, 2.75) is 36.2 Å². The average Bonchev–Trinajstić information content (AvgIpc) is 3.16. The highest BCUT2D eigenvalue weighted by Gasteiger charge is 2.40. The molecule has 7 nitrogen and oxygen atoms in total. The van der Waals surface area contributed by atoms with Crippen LogP contribution in [0.25, 0.3) is 0 Å². The van der Waals surface area contributed by atoms with Gasteiger partial charge in [-0.05, 0) is 48.7 Å². The molecule has 1 heterocycles. The van der Waals surface area contributed by atoms with Crippen LogP contribution in [0.4, 0.5) is 8.78 Å². The van der Waals surface area contributed by atoms with Gasteiger partial charge in [-0.2, -0.15) is 4.31 Å². The molecule has 32 heavy (non-hydrogen) atoms. The molecule has 0 radical (unpaired) electrons. The van der Waals surface area contributed by atoms with E-state index in [0.29, 0.717) is 12.5 Å². The molecule has 0 aromatic heterocycles. The number of aliphatic carboxylic acids is 1. The summed E-state index contributed by atoms with van der Waals surface area (Å²) in [6.45, 7) is 0.0391. The van der Waals surface area contributed by atoms with E-state index in [0.717, 1.165) is 16.4 Å². The molecule has 0 bridgehead atoms. The third kappa shape index (κ3) is 5.55. The number of hydrogen-bond donors (Lipinski definition) is 2. The van der Waals surface area contributed by atoms with Crippen molar-refractivity contribution in [2.75, 3.05) is 6.54 Å². The van der Waals surface area contributed by atoms with E-state index in [1.807, 2.05) is 0 Å². The second kappa shape index (κ2) is 9.70. The predicted octanol–water partition coefficient (Wildman–Crippen LogP) is 3.24. The molecule has 1 saturated heterocycles. The van der Waals surface area contributed by atoms with Crippen molar-refractivity contribution in [3.63, 3.8) is 0 Å². The Bertz CT molecular complexity index is 1120. The predicted molar refractivity (Wildman–Crippen MR) is 113 cm³/mol. The zero-order valence-corrected chi connectivity index (χ0v) is 18.7. The van der Waals surface area contributed by atoms with Crippen molar-refractivity contribution >= 4 is 45.1 Å². The molecular formula is C20H18Cl2F2N2O5S. The highest BCUT2D eigenvalue weighted by Crippen LogP contribution is 2.30. The van der Waals surface area contributed by atoms with Crippen molar-refractivity contribution in [3.8, 4) is 0 Å². The molecule has 1 amide bonds. The van der Waals surface area contributed by atoms with Crippen LogP contribution < -0.4 is 5.32 Å². The van der Waals surface area contributed by atoms with E-state index in [1.54, 1.807) is 0 Å². The second-order valence-corrected chi connectivity index (χ2v) is 10.0. The Balaban J connectivity index is 1.81. The number of nitrogens with zero attached hydrogens (tertiary/aromatic N) is 1. The lowest BCUT2D eigenvalue weighted by atomic mass is 10.0. The van der Waals surface area contributed by atoms with Crippen molar-refractivity contribution in [2.24, 2.45) is 0 Å². The van der Waals surface area contributed by atoms with Crippen LogP contribution in [0, 0.1) is 11.6 Å². The van der Waals surface area contributed by atoms with Crippen molar-refractivity contribution in [3.05, 3.63) is 63.6 Å². The number of halogens is 4. The molecule has 2 N–H and O–H groups in total. The minimum Gasteiger partial charge on any atom is -0.480 e. The van der Waals surface area contributed by atoms with Crippen LogP contribution in [0.2, 0.25) is 10.0 Å². The van der Waals surface area contributed by atoms with Gasteiger partial charge in [0.05, 0.1) is 4.90 Å². The molecule has 12 heteroatoms. The fourth-order valence-electron chi connectivity index (χ4n) is 3.54. The number of rotatable bonds is 7. The molecule has 0 saturated carbocycles. The largest absolute Gasteiger partial charge is 0.480 e. The minimum absolute atomic E-state index is 0.0275. The number of sulfonamides is 1. The molecule has 3 rings (SSSR count). The lowest BCUT2D eigenvalue weighted by molar-refractivity contribution is -0.142. The van der Waals surface area contributed by atoms with Gasteiger partial charge >= 0.3 is 5.97 Å². The third-order valence-corrected chi connectivity index (χ3v) is 7.25. The quantitative estimate of drug-likeness (QED) is 0.599. The lowest BCUT2D eigenvalue weighted by Gasteiger charge is -2.25. The number of hydrogen-bond acceptors (Lipinski definition) is 4. The molecule has 0 aliphatic carbocycles. The van der Waals surface area contributed by atoms with Crippen molar-refractivity contribution in [1.82, 2.24) is 9.62 Å². The summed E-state index contributed by atoms with van der Waals surface area (Å²) in [5.74, 6) is -4.03. The number of carbonyl (C=O) groups excluding carboxylic acids is 1. The zero-order chi connectivity index (χ0) is 23.6. The molecule has 172 valence electrons. The molecule has 1 aliphatic rings. The highest BCUT2D eigenvalue weighted by atomic mass is 35.5. The van der Waals surface area contributed by atoms with Crippen LogP contribution >= 0.6 is 23.2 Å². The summed E-state index contributed by atoms with van der Waals surface area (Å²) in [5.41, 5.74) is 0.0275. The molecule has 2 aromatic rings. The Kier molecular flexibility index (Phi) is 7.39. The first-order valence-corrected chi connectivity index (χ1v) is 11.6. The maximum atomic E-state index is 13.4. The van der Waals surface area contributed by atoms with Gasteiger partial charge < -0.3 is 10.4 Å². The molecule has 0 unspecified atom stereocenters. The van der Waals surface area contributed by atoms with Gasteiger partial charge in [-0.1, -0.05) is 23.2 Å². The van der Waals surface area contributed by atoms with Crippen LogP contribution in [0.3, 0.4) is 0 Å². The van der Waals surface area contributed by atoms with E-state index in [-0.39, 0.29) is 39.9 Å². The molecule has 2 atom stereocenters. The number of amides is 1. The van der Waals surface area contributed by atoms with Crippen LogP contribution in [0.5, 0.6) is 0 Å². The summed E-state index contributed by atoms with van der Waals surface area (Å²) < 4.78 is 53.9. The van der Waals surface area contributed by atoms with E-state index in [9.17, 15) is 31.9 Å². The van der Waals surface area contributed by atoms with Crippen LogP contribution in [-0.2, 0) is 26.0 Å². The van der Waals surface area contributed by atoms with Gasteiger partial charge in [0, 0.05) is 29.1 Å². The Morgan fingerprint density at radius 1 is 1.09 bits per heavy atom. The number of carboxylic acids is 1. The Morgan fingerprint density at radius 2 is 1.69 bits per heavy atom. The molecule has 1 fully saturated rings. The standard InChI is InChI=1S/C20H18Cl2F2N2O5S/c21-12-7-13(22)9-16(8-12)32(30,31)26-3-1-2-18(26)19(27)25-17(20(28)29)6-11-4-14(23)10-15(24)5-11/h4-5,7-10,17-18H,1-3,6H2,(H,25,27)(H,28,29)/t17-,18-/m0/s1. The first-order valence-electron chi connectivity index (χ1n) is 9.43. The maximum absolute atomic E-state index is 13.4. The third-order valence-electron chi connectivity index (χ3n) is 4.93. The SMILES string of the molecule is O=C(O)[C@H](Cc1cc(F)cc(F)c1)NC(=O)[C@@H]1CCCN1S(=O)(=O)c1cc(Cl)cc(Cl)c1. The van der Waals surface area contributed by atoms with Crippen molar-refractivity contribution in [1.29, 1.82) is 0 Å². The maximum Gasteiger partial charge on any atom is 0.326 e. The smallest absolute Gasteiger partial charge is 0.326 e. The Hall–Kier alpha value is -2.27. The average molecular weight is 507 g/mol. The normalized spacial score (nSPS) is 17.8. The van der Waals surface area contributed by atoms with E-state index in [2.05, 4.69) is 5.32 Å². The fraction of sp³-hybridized carbons (Fsp3) is 0.300. The lowest BCUT2D eigenvalue weighted by Crippen LogP contribution is -2.51. The fourth-order valence-corrected chi connectivity index (χ4v) is 5.92. The molecule has 0 spiro atoms. The van der Waals surface area contributed by atoms with Crippen LogP contribution in [0.15, 0.2) is 41.3 Å². The first-order chi connectivity index (χ1) is 15.0. The van der Waals surface area contributed by atoms with Gasteiger partial charge in [-0.15, -0.1) is 0 Å². The van der Waals surface area contributed by atoms with Gasteiger partial charge in [0.2, 0.25) is 15.9 Å². The summed E-state index contributed by atoms with van der Waals surface area (Å²) >= 11 is 11.8. The Morgan fingerprint density at radius 3 is 2.25 bits per heavy atom. The molecule has 1 aliphatic heterocycles. The summed E-state index contributed by atoms with van der Waals surface area (Å²) in [6.07, 6.45) is 0.151. The Labute approximate surface area is 193 Å². The summed E-state index contributed by atoms with van der Waals surface area (Å²) in [4.78, 5) is 24.3. The van der Waals surface area contributed by atoms with Crippen LogP contribution in [0.1, 0.15) is 18.4 Å². The topological polar surface area (TPSA) is 104 Å². The highest BCUT2D eigenvalue weighted by molar-refractivity contribution is 7.89. The van der Waals surface area contributed by atoms with E-state index < -0.39 is 45.6 Å². The van der Waals surface area contributed by atoms with Gasteiger partial charge in [-0.3, -0.25) is 4.79 Å². The van der Waals surface area contributed by atoms with E-state index >= 15 is 0 Å². The van der Waals surface area contributed by atoms with E-state index in [1.165, 1.54) is 18.2 Å².